The number of benzene rings is 1. The number of hydrogen-bond acceptors (Lipinski definition) is 5. The van der Waals surface area contributed by atoms with Gasteiger partial charge in [-0.2, -0.15) is 0 Å². The Kier molecular flexibility index (Phi) is 5.58. The van der Waals surface area contributed by atoms with Gasteiger partial charge in [-0.15, -0.1) is 0 Å². The molecule has 0 saturated carbocycles. The molecular weight excluding hydrogens is 314 g/mol. The van der Waals surface area contributed by atoms with Crippen LogP contribution in [0.4, 0.5) is 0 Å². The quantitative estimate of drug-likeness (QED) is 0.591. The minimum atomic E-state index is -3.74. The van der Waals surface area contributed by atoms with Crippen LogP contribution in [-0.4, -0.2) is 50.9 Å². The monoisotopic (exact) mass is 331 g/mol. The molecule has 6 nitrogen and oxygen atoms in total. The Morgan fingerprint density at radius 2 is 1.90 bits per heavy atom. The summed E-state index contributed by atoms with van der Waals surface area (Å²) in [5, 5.41) is 3.14. The van der Waals surface area contributed by atoms with Gasteiger partial charge in [-0.25, -0.2) is 8.42 Å². The molecule has 0 aromatic heterocycles. The first kappa shape index (κ1) is 16.2. The number of carbonyl (C=O) groups is 1. The second-order valence-corrected chi connectivity index (χ2v) is 6.97. The molecule has 1 aliphatic heterocycles. The van der Waals surface area contributed by atoms with E-state index in [1.54, 1.807) is 35.2 Å². The van der Waals surface area contributed by atoms with Crippen LogP contribution in [0.15, 0.2) is 30.3 Å². The number of amides is 1. The molecule has 1 atom stereocenters. The fraction of sp³-hybridized carbons (Fsp3) is 0.462. The third-order valence-electron chi connectivity index (χ3n) is 3.14. The number of nitrogens with one attached hydrogen (secondary N) is 2. The van der Waals surface area contributed by atoms with Crippen molar-refractivity contribution in [2.45, 2.75) is 11.3 Å². The van der Waals surface area contributed by atoms with Crippen molar-refractivity contribution < 1.29 is 13.2 Å². The van der Waals surface area contributed by atoms with Crippen molar-refractivity contribution in [2.75, 3.05) is 26.2 Å². The van der Waals surface area contributed by atoms with E-state index in [1.165, 1.54) is 0 Å². The summed E-state index contributed by atoms with van der Waals surface area (Å²) in [5.74, 6) is -0.945. The van der Waals surface area contributed by atoms with Crippen LogP contribution in [0.2, 0.25) is 0 Å². The predicted molar refractivity (Wildman–Crippen MR) is 81.3 cm³/mol. The molecule has 0 radical (unpaired) electrons. The molecule has 1 unspecified atom stereocenters. The van der Waals surface area contributed by atoms with Gasteiger partial charge < -0.3 is 5.32 Å². The maximum absolute atomic E-state index is 12.0. The van der Waals surface area contributed by atoms with Crippen molar-refractivity contribution in [3.63, 3.8) is 0 Å². The lowest BCUT2D eigenvalue weighted by Crippen LogP contribution is -2.52. The van der Waals surface area contributed by atoms with E-state index in [0.29, 0.717) is 18.7 Å². The van der Waals surface area contributed by atoms with Gasteiger partial charge in [-0.3, -0.25) is 14.4 Å². The summed E-state index contributed by atoms with van der Waals surface area (Å²) in [7, 11) is -3.74. The molecule has 0 aliphatic carbocycles. The van der Waals surface area contributed by atoms with Gasteiger partial charge in [0.2, 0.25) is 10.0 Å². The molecule has 0 bridgehead atoms. The number of carbonyl (C=O) groups excluding carboxylic acids is 1. The van der Waals surface area contributed by atoms with E-state index in [4.69, 9.17) is 11.6 Å². The van der Waals surface area contributed by atoms with Crippen molar-refractivity contribution in [3.8, 4) is 0 Å². The molecule has 1 aliphatic rings. The summed E-state index contributed by atoms with van der Waals surface area (Å²) >= 11 is 6.04. The molecule has 1 aromatic carbocycles. The highest BCUT2D eigenvalue weighted by Gasteiger charge is 2.27. The second kappa shape index (κ2) is 7.22. The lowest BCUT2D eigenvalue weighted by atomic mass is 10.2. The van der Waals surface area contributed by atoms with Gasteiger partial charge in [-0.1, -0.05) is 41.9 Å². The van der Waals surface area contributed by atoms with Gasteiger partial charge in [-0.05, 0) is 5.56 Å². The average molecular weight is 332 g/mol. The normalized spacial score (nSPS) is 18.1. The summed E-state index contributed by atoms with van der Waals surface area (Å²) in [6.07, 6.45) is 0. The van der Waals surface area contributed by atoms with Crippen molar-refractivity contribution >= 4 is 27.5 Å². The zero-order valence-corrected chi connectivity index (χ0v) is 13.0. The van der Waals surface area contributed by atoms with Gasteiger partial charge in [0.05, 0.1) is 5.75 Å². The van der Waals surface area contributed by atoms with Crippen LogP contribution >= 0.6 is 11.6 Å². The van der Waals surface area contributed by atoms with Gasteiger partial charge in [0.15, 0.2) is 5.50 Å². The molecule has 2 rings (SSSR count). The third kappa shape index (κ3) is 4.96. The van der Waals surface area contributed by atoms with Gasteiger partial charge >= 0.3 is 0 Å². The molecule has 1 fully saturated rings. The van der Waals surface area contributed by atoms with Crippen molar-refractivity contribution in [2.24, 2.45) is 0 Å². The van der Waals surface area contributed by atoms with Crippen LogP contribution in [0, 0.1) is 0 Å². The third-order valence-corrected chi connectivity index (χ3v) is 4.84. The van der Waals surface area contributed by atoms with Gasteiger partial charge in [0.25, 0.3) is 5.91 Å². The Hall–Kier alpha value is -1.15. The largest absolute Gasteiger partial charge is 0.314 e. The Labute approximate surface area is 129 Å². The lowest BCUT2D eigenvalue weighted by molar-refractivity contribution is -0.122. The smallest absolute Gasteiger partial charge is 0.266 e. The van der Waals surface area contributed by atoms with Crippen LogP contribution in [0.3, 0.4) is 0 Å². The average Bonchev–Trinajstić information content (AvgIpc) is 2.47. The maximum Gasteiger partial charge on any atom is 0.266 e. The molecule has 0 spiro atoms. The second-order valence-electron chi connectivity index (χ2n) is 4.83. The number of nitrogens with zero attached hydrogens (tertiary/aromatic N) is 1. The molecule has 1 amide bonds. The first-order chi connectivity index (χ1) is 9.98. The number of hydrogen-bond donors (Lipinski definition) is 2. The SMILES string of the molecule is O=C(NS(=O)(=O)Cc1ccccc1)C(Cl)N1CCNCC1. The summed E-state index contributed by atoms with van der Waals surface area (Å²) in [4.78, 5) is 13.7. The molecule has 1 heterocycles. The Bertz CT molecular complexity index is 574. The number of rotatable bonds is 5. The lowest BCUT2D eigenvalue weighted by Gasteiger charge is -2.30. The Morgan fingerprint density at radius 3 is 2.52 bits per heavy atom. The Morgan fingerprint density at radius 1 is 1.29 bits per heavy atom. The molecule has 8 heteroatoms. The Balaban J connectivity index is 1.94. The zero-order chi connectivity index (χ0) is 15.3. The molecule has 21 heavy (non-hydrogen) atoms. The van der Waals surface area contributed by atoms with E-state index >= 15 is 0 Å². The van der Waals surface area contributed by atoms with E-state index in [1.807, 2.05) is 4.72 Å². The minimum Gasteiger partial charge on any atom is -0.314 e. The minimum absolute atomic E-state index is 0.245. The standard InChI is InChI=1S/C13H18ClN3O3S/c14-12(17-8-6-15-7-9-17)13(18)16-21(19,20)10-11-4-2-1-3-5-11/h1-5,12,15H,6-10H2,(H,16,18). The summed E-state index contributed by atoms with van der Waals surface area (Å²) in [6.45, 7) is 2.68. The van der Waals surface area contributed by atoms with E-state index in [-0.39, 0.29) is 5.75 Å². The van der Waals surface area contributed by atoms with Crippen molar-refractivity contribution in [1.82, 2.24) is 14.9 Å². The first-order valence-corrected chi connectivity index (χ1v) is 8.74. The van der Waals surface area contributed by atoms with Crippen LogP contribution in [0.5, 0.6) is 0 Å². The molecule has 1 aromatic rings. The summed E-state index contributed by atoms with van der Waals surface area (Å²) < 4.78 is 26.0. The topological polar surface area (TPSA) is 78.5 Å². The van der Waals surface area contributed by atoms with Gasteiger partial charge in [0, 0.05) is 26.2 Å². The van der Waals surface area contributed by atoms with Gasteiger partial charge in [0.1, 0.15) is 0 Å². The maximum atomic E-state index is 12.0. The first-order valence-electron chi connectivity index (χ1n) is 6.65. The molecule has 116 valence electrons. The summed E-state index contributed by atoms with van der Waals surface area (Å²) in [6, 6.07) is 8.68. The van der Waals surface area contributed by atoms with Crippen LogP contribution < -0.4 is 10.0 Å². The predicted octanol–water partition coefficient (Wildman–Crippen LogP) is 0.103. The molecule has 2 N–H and O–H groups in total. The fourth-order valence-corrected chi connectivity index (χ4v) is 3.54. The van der Waals surface area contributed by atoms with Crippen molar-refractivity contribution in [1.29, 1.82) is 0 Å². The highest BCUT2D eigenvalue weighted by Crippen LogP contribution is 2.09. The van der Waals surface area contributed by atoms with Crippen LogP contribution in [0.1, 0.15) is 5.56 Å². The number of piperazine rings is 1. The van der Waals surface area contributed by atoms with Crippen LogP contribution in [-0.2, 0) is 20.6 Å². The van der Waals surface area contributed by atoms with Crippen LogP contribution in [0.25, 0.3) is 0 Å². The number of halogens is 1. The van der Waals surface area contributed by atoms with E-state index in [0.717, 1.165) is 13.1 Å². The zero-order valence-electron chi connectivity index (χ0n) is 11.5. The molecular formula is C13H18ClN3O3S. The number of sulfonamides is 1. The number of alkyl halides is 1. The highest BCUT2D eigenvalue weighted by molar-refractivity contribution is 7.89. The summed E-state index contributed by atoms with van der Waals surface area (Å²) in [5.41, 5.74) is -0.358. The highest BCUT2D eigenvalue weighted by atomic mass is 35.5. The fourth-order valence-electron chi connectivity index (χ4n) is 2.11. The van der Waals surface area contributed by atoms with Crippen molar-refractivity contribution in [3.05, 3.63) is 35.9 Å². The van der Waals surface area contributed by atoms with E-state index in [2.05, 4.69) is 5.32 Å². The molecule has 1 saturated heterocycles. The van der Waals surface area contributed by atoms with E-state index < -0.39 is 21.4 Å². The van der Waals surface area contributed by atoms with E-state index in [9.17, 15) is 13.2 Å².